The Labute approximate surface area is 209 Å². The van der Waals surface area contributed by atoms with Crippen molar-refractivity contribution < 1.29 is 28.6 Å². The highest BCUT2D eigenvalue weighted by atomic mass is 19.1. The van der Waals surface area contributed by atoms with Crippen LogP contribution >= 0.6 is 0 Å². The van der Waals surface area contributed by atoms with Gasteiger partial charge in [-0.2, -0.15) is 0 Å². The third-order valence-electron chi connectivity index (χ3n) is 6.24. The largest absolute Gasteiger partial charge is 0.507 e. The quantitative estimate of drug-likeness (QED) is 0.271. The first kappa shape index (κ1) is 25.1. The Morgan fingerprint density at radius 2 is 1.69 bits per heavy atom. The van der Waals surface area contributed by atoms with Crippen molar-refractivity contribution in [3.8, 4) is 5.75 Å². The second-order valence-corrected chi connectivity index (χ2v) is 8.79. The van der Waals surface area contributed by atoms with E-state index in [2.05, 4.69) is 0 Å². The molecule has 0 bridgehead atoms. The molecule has 0 spiro atoms. The first-order chi connectivity index (χ1) is 17.3. The van der Waals surface area contributed by atoms with Crippen LogP contribution in [-0.4, -0.2) is 42.0 Å². The summed E-state index contributed by atoms with van der Waals surface area (Å²) in [5, 5.41) is 11.3. The fourth-order valence-electron chi connectivity index (χ4n) is 4.28. The SMILES string of the molecule is COCCN1C(=O)C(=O)/C(=C(/O)c2cc(C)ccc2C)C1c1ccc(OCc2ccc(F)cc2)cc1. The number of hydrogen-bond acceptors (Lipinski definition) is 5. The standard InChI is InChI=1S/C29H28FNO5/c1-18-4-5-19(2)24(16-18)27(32)25-26(31(14-15-35-3)29(34)28(25)33)21-8-12-23(13-9-21)36-17-20-6-10-22(30)11-7-20/h4-13,16,26,32H,14-15,17H2,1-3H3/b27-25+. The molecule has 1 atom stereocenters. The van der Waals surface area contributed by atoms with Gasteiger partial charge in [0.1, 0.15) is 23.9 Å². The molecule has 0 aliphatic carbocycles. The van der Waals surface area contributed by atoms with Crippen molar-refractivity contribution in [1.29, 1.82) is 0 Å². The molecule has 1 saturated heterocycles. The Bertz CT molecular complexity index is 1300. The first-order valence-corrected chi connectivity index (χ1v) is 11.6. The van der Waals surface area contributed by atoms with Gasteiger partial charge in [-0.05, 0) is 60.9 Å². The topological polar surface area (TPSA) is 76.1 Å². The van der Waals surface area contributed by atoms with Crippen LogP contribution in [0.4, 0.5) is 4.39 Å². The lowest BCUT2D eigenvalue weighted by Crippen LogP contribution is -2.32. The predicted octanol–water partition coefficient (Wildman–Crippen LogP) is 5.09. The third kappa shape index (κ3) is 5.16. The number of methoxy groups -OCH3 is 1. The van der Waals surface area contributed by atoms with Crippen LogP contribution in [0, 0.1) is 19.7 Å². The highest BCUT2D eigenvalue weighted by Gasteiger charge is 2.46. The van der Waals surface area contributed by atoms with E-state index < -0.39 is 17.7 Å². The molecule has 1 aliphatic rings. The molecule has 0 radical (unpaired) electrons. The third-order valence-corrected chi connectivity index (χ3v) is 6.24. The van der Waals surface area contributed by atoms with Crippen LogP contribution in [0.15, 0.2) is 72.3 Å². The van der Waals surface area contributed by atoms with E-state index in [4.69, 9.17) is 9.47 Å². The van der Waals surface area contributed by atoms with E-state index in [1.807, 2.05) is 26.0 Å². The second kappa shape index (κ2) is 10.7. The minimum atomic E-state index is -0.772. The van der Waals surface area contributed by atoms with Crippen LogP contribution in [-0.2, 0) is 20.9 Å². The summed E-state index contributed by atoms with van der Waals surface area (Å²) in [7, 11) is 1.52. The Morgan fingerprint density at radius 1 is 1.00 bits per heavy atom. The van der Waals surface area contributed by atoms with E-state index in [9.17, 15) is 19.1 Å². The normalized spacial score (nSPS) is 17.0. The van der Waals surface area contributed by atoms with Gasteiger partial charge in [0.05, 0.1) is 18.2 Å². The van der Waals surface area contributed by atoms with Gasteiger partial charge in [-0.1, -0.05) is 42.0 Å². The highest BCUT2D eigenvalue weighted by Crippen LogP contribution is 2.40. The zero-order valence-electron chi connectivity index (χ0n) is 20.5. The van der Waals surface area contributed by atoms with E-state index in [-0.39, 0.29) is 36.9 Å². The van der Waals surface area contributed by atoms with Crippen molar-refractivity contribution >= 4 is 17.4 Å². The fourth-order valence-corrected chi connectivity index (χ4v) is 4.28. The summed E-state index contributed by atoms with van der Waals surface area (Å²) >= 11 is 0. The van der Waals surface area contributed by atoms with Crippen LogP contribution in [0.5, 0.6) is 5.75 Å². The maximum Gasteiger partial charge on any atom is 0.295 e. The van der Waals surface area contributed by atoms with E-state index in [1.54, 1.807) is 42.5 Å². The number of Topliss-reactive ketones (excluding diaryl/α,β-unsaturated/α-hetero) is 1. The van der Waals surface area contributed by atoms with Gasteiger partial charge in [0.15, 0.2) is 0 Å². The Morgan fingerprint density at radius 3 is 2.36 bits per heavy atom. The summed E-state index contributed by atoms with van der Waals surface area (Å²) in [6.07, 6.45) is 0. The van der Waals surface area contributed by atoms with Gasteiger partial charge in [0.2, 0.25) is 0 Å². The van der Waals surface area contributed by atoms with E-state index in [0.717, 1.165) is 16.7 Å². The van der Waals surface area contributed by atoms with Gasteiger partial charge in [-0.15, -0.1) is 0 Å². The van der Waals surface area contributed by atoms with Crippen LogP contribution in [0.1, 0.15) is 33.9 Å². The molecular formula is C29H28FNO5. The summed E-state index contributed by atoms with van der Waals surface area (Å²) in [6, 6.07) is 17.9. The minimum absolute atomic E-state index is 0.0461. The average molecular weight is 490 g/mol. The van der Waals surface area contributed by atoms with Crippen molar-refractivity contribution in [2.24, 2.45) is 0 Å². The van der Waals surface area contributed by atoms with E-state index in [0.29, 0.717) is 16.9 Å². The van der Waals surface area contributed by atoms with Crippen molar-refractivity contribution in [3.05, 3.63) is 106 Å². The molecule has 1 amide bonds. The van der Waals surface area contributed by atoms with Crippen molar-refractivity contribution in [2.75, 3.05) is 20.3 Å². The van der Waals surface area contributed by atoms with Gasteiger partial charge < -0.3 is 19.5 Å². The van der Waals surface area contributed by atoms with Crippen molar-refractivity contribution in [3.63, 3.8) is 0 Å². The maximum atomic E-state index is 13.1. The van der Waals surface area contributed by atoms with Crippen LogP contribution in [0.2, 0.25) is 0 Å². The number of rotatable bonds is 8. The molecule has 1 fully saturated rings. The van der Waals surface area contributed by atoms with Gasteiger partial charge in [0, 0.05) is 19.2 Å². The number of carbonyl (C=O) groups excluding carboxylic acids is 2. The van der Waals surface area contributed by atoms with Gasteiger partial charge >= 0.3 is 0 Å². The lowest BCUT2D eigenvalue weighted by atomic mass is 9.93. The molecule has 0 saturated carbocycles. The number of benzene rings is 3. The zero-order chi connectivity index (χ0) is 25.8. The van der Waals surface area contributed by atoms with Crippen LogP contribution in [0.25, 0.3) is 5.76 Å². The van der Waals surface area contributed by atoms with Gasteiger partial charge in [0.25, 0.3) is 11.7 Å². The number of hydrogen-bond donors (Lipinski definition) is 1. The van der Waals surface area contributed by atoms with Gasteiger partial charge in [-0.25, -0.2) is 4.39 Å². The lowest BCUT2D eigenvalue weighted by molar-refractivity contribution is -0.140. The number of likely N-dealkylation sites (tertiary alicyclic amines) is 1. The van der Waals surface area contributed by atoms with Gasteiger partial charge in [-0.3, -0.25) is 9.59 Å². The molecule has 1 heterocycles. The Balaban J connectivity index is 1.69. The van der Waals surface area contributed by atoms with E-state index in [1.165, 1.54) is 24.1 Å². The number of amides is 1. The highest BCUT2D eigenvalue weighted by molar-refractivity contribution is 6.46. The molecule has 36 heavy (non-hydrogen) atoms. The Hall–Kier alpha value is -3.97. The number of aliphatic hydroxyl groups is 1. The monoisotopic (exact) mass is 489 g/mol. The lowest BCUT2D eigenvalue weighted by Gasteiger charge is -2.25. The number of nitrogens with zero attached hydrogens (tertiary/aromatic N) is 1. The summed E-state index contributed by atoms with van der Waals surface area (Å²) in [6.45, 7) is 4.44. The smallest absolute Gasteiger partial charge is 0.295 e. The summed E-state index contributed by atoms with van der Waals surface area (Å²) in [5.41, 5.74) is 3.77. The molecule has 1 aliphatic heterocycles. The summed E-state index contributed by atoms with van der Waals surface area (Å²) in [5.74, 6) is -1.34. The molecular weight excluding hydrogens is 461 g/mol. The number of ketones is 1. The number of aliphatic hydroxyl groups excluding tert-OH is 1. The molecule has 0 aromatic heterocycles. The molecule has 1 N–H and O–H groups in total. The summed E-state index contributed by atoms with van der Waals surface area (Å²) < 4.78 is 24.1. The van der Waals surface area contributed by atoms with Crippen LogP contribution < -0.4 is 4.74 Å². The number of aryl methyl sites for hydroxylation is 2. The number of carbonyl (C=O) groups is 2. The van der Waals surface area contributed by atoms with E-state index >= 15 is 0 Å². The summed E-state index contributed by atoms with van der Waals surface area (Å²) in [4.78, 5) is 27.5. The van der Waals surface area contributed by atoms with Crippen LogP contribution in [0.3, 0.4) is 0 Å². The number of halogens is 1. The molecule has 3 aromatic carbocycles. The number of ether oxygens (including phenoxy) is 2. The molecule has 3 aromatic rings. The molecule has 1 unspecified atom stereocenters. The maximum absolute atomic E-state index is 13.1. The minimum Gasteiger partial charge on any atom is -0.507 e. The zero-order valence-corrected chi connectivity index (χ0v) is 20.5. The molecule has 186 valence electrons. The Kier molecular flexibility index (Phi) is 7.50. The van der Waals surface area contributed by atoms with Crippen molar-refractivity contribution in [1.82, 2.24) is 4.90 Å². The molecule has 7 heteroatoms. The molecule has 4 rings (SSSR count). The predicted molar refractivity (Wildman–Crippen MR) is 134 cm³/mol. The first-order valence-electron chi connectivity index (χ1n) is 11.6. The molecule has 6 nitrogen and oxygen atoms in total. The van der Waals surface area contributed by atoms with Crippen molar-refractivity contribution in [2.45, 2.75) is 26.5 Å². The second-order valence-electron chi connectivity index (χ2n) is 8.79. The average Bonchev–Trinajstić information content (AvgIpc) is 3.13. The fraction of sp³-hybridized carbons (Fsp3) is 0.241.